The zero-order valence-electron chi connectivity index (χ0n) is 18.9. The van der Waals surface area contributed by atoms with E-state index >= 15 is 0 Å². The van der Waals surface area contributed by atoms with Gasteiger partial charge in [0.2, 0.25) is 0 Å². The molecule has 0 aliphatic carbocycles. The van der Waals surface area contributed by atoms with Gasteiger partial charge in [0.1, 0.15) is 17.1 Å². The Labute approximate surface area is 191 Å². The molecule has 6 nitrogen and oxygen atoms in total. The molecule has 0 radical (unpaired) electrons. The standard InChI is InChI=1S/C27H24O6/c1-29-21-12-18(13-22(16-21)30-2)6-5-17-7-9-24-20(11-17)14-23(27(28)33-24)19-8-10-25(31-3)26(15-19)32-4/h5-16H,1-4H3/b6-5-. The van der Waals surface area contributed by atoms with Gasteiger partial charge >= 0.3 is 5.63 Å². The minimum atomic E-state index is -0.415. The van der Waals surface area contributed by atoms with Crippen LogP contribution >= 0.6 is 0 Å². The number of hydrogen-bond donors (Lipinski definition) is 0. The number of rotatable bonds is 7. The van der Waals surface area contributed by atoms with Crippen molar-refractivity contribution in [2.45, 2.75) is 0 Å². The number of hydrogen-bond acceptors (Lipinski definition) is 6. The molecule has 4 aromatic rings. The van der Waals surface area contributed by atoms with Gasteiger partial charge in [-0.1, -0.05) is 24.3 Å². The number of benzene rings is 3. The van der Waals surface area contributed by atoms with Crippen LogP contribution in [0.2, 0.25) is 0 Å². The fraction of sp³-hybridized carbons (Fsp3) is 0.148. The van der Waals surface area contributed by atoms with Gasteiger partial charge in [0.05, 0.1) is 34.0 Å². The maximum absolute atomic E-state index is 12.6. The number of methoxy groups -OCH3 is 4. The molecule has 0 saturated carbocycles. The van der Waals surface area contributed by atoms with E-state index in [1.807, 2.05) is 48.6 Å². The highest BCUT2D eigenvalue weighted by atomic mass is 16.5. The highest BCUT2D eigenvalue weighted by molar-refractivity contribution is 5.85. The summed E-state index contributed by atoms with van der Waals surface area (Å²) in [6.45, 7) is 0. The van der Waals surface area contributed by atoms with E-state index in [0.717, 1.165) is 16.5 Å². The molecule has 0 saturated heterocycles. The summed E-state index contributed by atoms with van der Waals surface area (Å²) in [5.41, 5.74) is 3.13. The smallest absolute Gasteiger partial charge is 0.344 e. The van der Waals surface area contributed by atoms with Crippen LogP contribution in [0.4, 0.5) is 0 Å². The van der Waals surface area contributed by atoms with E-state index in [-0.39, 0.29) is 0 Å². The Morgan fingerprint density at radius 1 is 0.667 bits per heavy atom. The summed E-state index contributed by atoms with van der Waals surface area (Å²) in [6, 6.07) is 18.5. The van der Waals surface area contributed by atoms with E-state index in [4.69, 9.17) is 23.4 Å². The van der Waals surface area contributed by atoms with Gasteiger partial charge in [0, 0.05) is 11.5 Å². The molecule has 0 N–H and O–H groups in total. The first-order valence-corrected chi connectivity index (χ1v) is 10.3. The summed E-state index contributed by atoms with van der Waals surface area (Å²) in [5, 5.41) is 0.810. The lowest BCUT2D eigenvalue weighted by atomic mass is 10.0. The molecule has 0 amide bonds. The Morgan fingerprint density at radius 3 is 2.03 bits per heavy atom. The summed E-state index contributed by atoms with van der Waals surface area (Å²) < 4.78 is 26.9. The Balaban J connectivity index is 1.72. The van der Waals surface area contributed by atoms with Crippen molar-refractivity contribution in [2.24, 2.45) is 0 Å². The normalized spacial score (nSPS) is 11.0. The van der Waals surface area contributed by atoms with Gasteiger partial charge in [0.15, 0.2) is 11.5 Å². The van der Waals surface area contributed by atoms with Gasteiger partial charge in [-0.05, 0) is 59.2 Å². The average molecular weight is 444 g/mol. The molecule has 0 spiro atoms. The molecule has 0 aliphatic rings. The molecule has 168 valence electrons. The number of ether oxygens (including phenoxy) is 4. The maximum atomic E-state index is 12.6. The molecule has 0 unspecified atom stereocenters. The fourth-order valence-electron chi connectivity index (χ4n) is 3.57. The second-order valence-electron chi connectivity index (χ2n) is 7.29. The first-order chi connectivity index (χ1) is 16.0. The van der Waals surface area contributed by atoms with Crippen LogP contribution < -0.4 is 24.6 Å². The van der Waals surface area contributed by atoms with Crippen LogP contribution in [-0.2, 0) is 0 Å². The predicted octanol–water partition coefficient (Wildman–Crippen LogP) is 5.66. The highest BCUT2D eigenvalue weighted by Crippen LogP contribution is 2.32. The van der Waals surface area contributed by atoms with Gasteiger partial charge in [-0.25, -0.2) is 4.79 Å². The summed E-state index contributed by atoms with van der Waals surface area (Å²) in [4.78, 5) is 12.6. The van der Waals surface area contributed by atoms with Gasteiger partial charge < -0.3 is 23.4 Å². The number of fused-ring (bicyclic) bond motifs is 1. The third kappa shape index (κ3) is 4.70. The van der Waals surface area contributed by atoms with Crippen molar-refractivity contribution >= 4 is 23.1 Å². The van der Waals surface area contributed by atoms with Crippen molar-refractivity contribution in [3.8, 4) is 34.1 Å². The van der Waals surface area contributed by atoms with Gasteiger partial charge in [-0.3, -0.25) is 0 Å². The van der Waals surface area contributed by atoms with Gasteiger partial charge in [-0.15, -0.1) is 0 Å². The Morgan fingerprint density at radius 2 is 1.36 bits per heavy atom. The van der Waals surface area contributed by atoms with Crippen molar-refractivity contribution in [1.82, 2.24) is 0 Å². The Kier molecular flexibility index (Phi) is 6.36. The molecule has 3 aromatic carbocycles. The lowest BCUT2D eigenvalue weighted by Gasteiger charge is -2.09. The molecule has 0 atom stereocenters. The third-order valence-corrected chi connectivity index (χ3v) is 5.29. The zero-order chi connectivity index (χ0) is 23.4. The molecule has 33 heavy (non-hydrogen) atoms. The summed E-state index contributed by atoms with van der Waals surface area (Å²) >= 11 is 0. The van der Waals surface area contributed by atoms with Crippen LogP contribution in [0.15, 0.2) is 69.9 Å². The van der Waals surface area contributed by atoms with Crippen LogP contribution in [-0.4, -0.2) is 28.4 Å². The minimum absolute atomic E-state index is 0.415. The Bertz CT molecular complexity index is 1360. The summed E-state index contributed by atoms with van der Waals surface area (Å²) in [6.07, 6.45) is 3.95. The van der Waals surface area contributed by atoms with E-state index < -0.39 is 5.63 Å². The minimum Gasteiger partial charge on any atom is -0.497 e. The van der Waals surface area contributed by atoms with Crippen molar-refractivity contribution in [3.63, 3.8) is 0 Å². The molecule has 1 aromatic heterocycles. The summed E-state index contributed by atoms with van der Waals surface area (Å²) in [7, 11) is 6.37. The van der Waals surface area contributed by atoms with E-state index in [1.165, 1.54) is 0 Å². The van der Waals surface area contributed by atoms with E-state index in [0.29, 0.717) is 39.7 Å². The predicted molar refractivity (Wildman–Crippen MR) is 129 cm³/mol. The monoisotopic (exact) mass is 444 g/mol. The van der Waals surface area contributed by atoms with Gasteiger partial charge in [-0.2, -0.15) is 0 Å². The van der Waals surface area contributed by atoms with Crippen LogP contribution in [0.5, 0.6) is 23.0 Å². The first kappa shape index (κ1) is 22.0. The summed E-state index contributed by atoms with van der Waals surface area (Å²) in [5.74, 6) is 2.57. The third-order valence-electron chi connectivity index (χ3n) is 5.29. The van der Waals surface area contributed by atoms with Crippen LogP contribution in [0.25, 0.3) is 34.2 Å². The molecule has 0 fully saturated rings. The first-order valence-electron chi connectivity index (χ1n) is 10.3. The second kappa shape index (κ2) is 9.53. The lowest BCUT2D eigenvalue weighted by molar-refractivity contribution is 0.355. The average Bonchev–Trinajstić information content (AvgIpc) is 2.86. The van der Waals surface area contributed by atoms with E-state index in [9.17, 15) is 4.79 Å². The zero-order valence-corrected chi connectivity index (χ0v) is 18.9. The van der Waals surface area contributed by atoms with Crippen molar-refractivity contribution < 1.29 is 23.4 Å². The molecule has 6 heteroatoms. The van der Waals surface area contributed by atoms with Crippen molar-refractivity contribution in [2.75, 3.05) is 28.4 Å². The van der Waals surface area contributed by atoms with Gasteiger partial charge in [0.25, 0.3) is 0 Å². The second-order valence-corrected chi connectivity index (χ2v) is 7.29. The highest BCUT2D eigenvalue weighted by Gasteiger charge is 2.12. The molecular weight excluding hydrogens is 420 g/mol. The Hall–Kier alpha value is -4.19. The molecule has 4 rings (SSSR count). The quantitative estimate of drug-likeness (QED) is 0.270. The SMILES string of the molecule is COc1cc(/C=C\c2ccc3oc(=O)c(-c4ccc(OC)c(OC)c4)cc3c2)cc(OC)c1. The van der Waals surface area contributed by atoms with Crippen molar-refractivity contribution in [1.29, 1.82) is 0 Å². The molecule has 0 aliphatic heterocycles. The van der Waals surface area contributed by atoms with Crippen LogP contribution in [0.1, 0.15) is 11.1 Å². The maximum Gasteiger partial charge on any atom is 0.344 e. The fourth-order valence-corrected chi connectivity index (χ4v) is 3.57. The van der Waals surface area contributed by atoms with Crippen LogP contribution in [0, 0.1) is 0 Å². The lowest BCUT2D eigenvalue weighted by Crippen LogP contribution is -2.03. The van der Waals surface area contributed by atoms with E-state index in [1.54, 1.807) is 52.7 Å². The molecule has 0 bridgehead atoms. The largest absolute Gasteiger partial charge is 0.497 e. The van der Waals surface area contributed by atoms with Crippen LogP contribution in [0.3, 0.4) is 0 Å². The van der Waals surface area contributed by atoms with Crippen molar-refractivity contribution in [3.05, 3.63) is 82.2 Å². The topological polar surface area (TPSA) is 67.1 Å². The van der Waals surface area contributed by atoms with E-state index in [2.05, 4.69) is 0 Å². The molecule has 1 heterocycles. The molecular formula is C27H24O6.